The zero-order valence-electron chi connectivity index (χ0n) is 43.4. The first kappa shape index (κ1) is 55.2. The number of para-hydroxylation sites is 1. The summed E-state index contributed by atoms with van der Waals surface area (Å²) in [4.78, 5) is 48.5. The summed E-state index contributed by atoms with van der Waals surface area (Å²) in [6.07, 6.45) is 0.926. The molecular formula is C60H68N8O7S2. The fourth-order valence-corrected chi connectivity index (χ4v) is 11.4. The van der Waals surface area contributed by atoms with Crippen LogP contribution in [0.2, 0.25) is 0 Å². The number of nitrogens with two attached hydrogens (primary N) is 2. The first-order valence-corrected chi connectivity index (χ1v) is 28.0. The predicted octanol–water partition coefficient (Wildman–Crippen LogP) is 7.66. The minimum absolute atomic E-state index is 0.200. The molecule has 17 heteroatoms. The standard InChI is InChI=1S/C30H34N4O4S.C30H34N4O3S/c31-25(20-22-6-2-1-3-7-22)30(36)38-19-18-37-17-16-33-12-14-34(15-13-33)29-24-8-4-5-9-27(24)39-28-21-23(35)10-11-26(28)32-29;31-25(22-23-8-2-1-3-9-23)30(35)37-21-20-36-19-18-33-14-16-34(17-15-33)29-24-10-4-6-12-27(24)38-28-13-7-5-11-26(28)32-29/h1-11,21,25,35H,12-20,31H2;1-13,25H,14-22,31H2. The number of rotatable bonds is 18. The number of benzene rings is 6. The summed E-state index contributed by atoms with van der Waals surface area (Å²) in [6, 6.07) is 48.6. The van der Waals surface area contributed by atoms with E-state index in [1.54, 1.807) is 35.7 Å². The number of amidine groups is 2. The van der Waals surface area contributed by atoms with Gasteiger partial charge in [-0.1, -0.05) is 133 Å². The van der Waals surface area contributed by atoms with Crippen LogP contribution in [0.4, 0.5) is 11.4 Å². The zero-order valence-corrected chi connectivity index (χ0v) is 45.0. The van der Waals surface area contributed by atoms with Crippen molar-refractivity contribution in [3.63, 3.8) is 0 Å². The molecule has 4 heterocycles. The Labute approximate surface area is 460 Å². The quantitative estimate of drug-likeness (QED) is 0.0564. The molecule has 0 aromatic heterocycles. The van der Waals surface area contributed by atoms with E-state index in [0.29, 0.717) is 39.3 Å². The van der Waals surface area contributed by atoms with Crippen LogP contribution in [0.1, 0.15) is 22.3 Å². The van der Waals surface area contributed by atoms with Gasteiger partial charge in [0.2, 0.25) is 0 Å². The van der Waals surface area contributed by atoms with Crippen LogP contribution in [0, 0.1) is 0 Å². The molecule has 402 valence electrons. The van der Waals surface area contributed by atoms with Gasteiger partial charge in [0.05, 0.1) is 37.8 Å². The van der Waals surface area contributed by atoms with Crippen LogP contribution < -0.4 is 11.5 Å². The molecule has 0 aliphatic carbocycles. The molecule has 2 unspecified atom stereocenters. The molecule has 5 N–H and O–H groups in total. The lowest BCUT2D eigenvalue weighted by Crippen LogP contribution is -2.49. The van der Waals surface area contributed by atoms with Gasteiger partial charge in [-0.15, -0.1) is 0 Å². The van der Waals surface area contributed by atoms with Gasteiger partial charge in [0.1, 0.15) is 42.7 Å². The second-order valence-electron chi connectivity index (χ2n) is 19.0. The van der Waals surface area contributed by atoms with E-state index >= 15 is 0 Å². The van der Waals surface area contributed by atoms with Crippen molar-refractivity contribution in [2.75, 3.05) is 105 Å². The molecule has 0 saturated carbocycles. The van der Waals surface area contributed by atoms with E-state index in [4.69, 9.17) is 40.4 Å². The number of phenolic OH excluding ortho intramolecular Hbond substituents is 1. The number of hydrogen-bond acceptors (Lipinski definition) is 17. The lowest BCUT2D eigenvalue weighted by Gasteiger charge is -2.36. The molecule has 2 fully saturated rings. The van der Waals surface area contributed by atoms with Gasteiger partial charge in [-0.25, -0.2) is 9.98 Å². The first-order chi connectivity index (χ1) is 37.7. The van der Waals surface area contributed by atoms with Crippen LogP contribution in [-0.2, 0) is 41.4 Å². The molecule has 15 nitrogen and oxygen atoms in total. The highest BCUT2D eigenvalue weighted by Gasteiger charge is 2.27. The van der Waals surface area contributed by atoms with Crippen molar-refractivity contribution in [1.29, 1.82) is 0 Å². The Morgan fingerprint density at radius 2 is 0.896 bits per heavy atom. The molecular weight excluding hydrogens is 1010 g/mol. The third-order valence-corrected chi connectivity index (χ3v) is 15.8. The Kier molecular flexibility index (Phi) is 20.2. The summed E-state index contributed by atoms with van der Waals surface area (Å²) in [7, 11) is 0. The molecule has 0 amide bonds. The number of piperazine rings is 2. The second-order valence-corrected chi connectivity index (χ2v) is 21.2. The van der Waals surface area contributed by atoms with Crippen molar-refractivity contribution in [3.8, 4) is 5.75 Å². The van der Waals surface area contributed by atoms with Gasteiger partial charge in [-0.3, -0.25) is 19.4 Å². The lowest BCUT2D eigenvalue weighted by molar-refractivity contribution is -0.147. The monoisotopic (exact) mass is 1080 g/mol. The van der Waals surface area contributed by atoms with Crippen LogP contribution in [0.5, 0.6) is 5.75 Å². The van der Waals surface area contributed by atoms with Gasteiger partial charge in [-0.05, 0) is 66.4 Å². The number of carbonyl (C=O) groups excluding carboxylic acids is 2. The SMILES string of the molecule is NC(Cc1ccccc1)C(=O)OCCOCCN1CCN(C2=Nc3ccc(O)cc3Sc3ccccc32)CC1.NC(Cc1ccccc1)C(=O)OCCOCCN1CCN(C2=Nc3ccccc3Sc3ccccc32)CC1. The van der Waals surface area contributed by atoms with Crippen molar-refractivity contribution in [2.45, 2.75) is 44.5 Å². The number of carbonyl (C=O) groups is 2. The average Bonchev–Trinajstić information content (AvgIpc) is 3.76. The highest BCUT2D eigenvalue weighted by Crippen LogP contribution is 2.43. The first-order valence-electron chi connectivity index (χ1n) is 26.4. The number of fused-ring (bicyclic) bond motifs is 4. The molecule has 77 heavy (non-hydrogen) atoms. The van der Waals surface area contributed by atoms with Crippen LogP contribution >= 0.6 is 23.5 Å². The second kappa shape index (κ2) is 28.2. The van der Waals surface area contributed by atoms with E-state index in [1.807, 2.05) is 78.9 Å². The number of nitrogens with zero attached hydrogens (tertiary/aromatic N) is 6. The van der Waals surface area contributed by atoms with Crippen LogP contribution in [0.15, 0.2) is 181 Å². The van der Waals surface area contributed by atoms with Crippen molar-refractivity contribution in [2.24, 2.45) is 21.5 Å². The fraction of sp³-hybridized carbons (Fsp3) is 0.333. The van der Waals surface area contributed by atoms with E-state index < -0.39 is 24.0 Å². The highest BCUT2D eigenvalue weighted by atomic mass is 32.2. The molecule has 4 aliphatic heterocycles. The topological polar surface area (TPSA) is 181 Å². The van der Waals surface area contributed by atoms with E-state index in [1.165, 1.54) is 15.4 Å². The normalized spacial score (nSPS) is 16.1. The average molecular weight is 1080 g/mol. The number of esters is 2. The summed E-state index contributed by atoms with van der Waals surface area (Å²) in [5.41, 5.74) is 18.2. The maximum atomic E-state index is 12.1. The van der Waals surface area contributed by atoms with E-state index in [-0.39, 0.29) is 19.0 Å². The van der Waals surface area contributed by atoms with Crippen molar-refractivity contribution >= 4 is 58.5 Å². The van der Waals surface area contributed by atoms with Gasteiger partial charge in [-0.2, -0.15) is 0 Å². The van der Waals surface area contributed by atoms with Crippen molar-refractivity contribution in [3.05, 3.63) is 174 Å². The molecule has 10 rings (SSSR count). The van der Waals surface area contributed by atoms with Crippen molar-refractivity contribution in [1.82, 2.24) is 19.6 Å². The van der Waals surface area contributed by atoms with E-state index in [0.717, 1.165) is 115 Å². The number of aromatic hydroxyl groups is 1. The number of ether oxygens (including phenoxy) is 4. The van der Waals surface area contributed by atoms with Gasteiger partial charge in [0.25, 0.3) is 0 Å². The Morgan fingerprint density at radius 1 is 0.481 bits per heavy atom. The van der Waals surface area contributed by atoms with E-state index in [9.17, 15) is 14.7 Å². The molecule has 4 aliphatic rings. The molecule has 6 aromatic carbocycles. The zero-order chi connectivity index (χ0) is 53.2. The van der Waals surface area contributed by atoms with Crippen LogP contribution in [0.25, 0.3) is 0 Å². The Balaban J connectivity index is 0.000000188. The Hall–Kier alpha value is -6.54. The number of phenols is 1. The third-order valence-electron chi connectivity index (χ3n) is 13.6. The van der Waals surface area contributed by atoms with Gasteiger partial charge in [0, 0.05) is 96.2 Å². The maximum Gasteiger partial charge on any atom is 0.323 e. The lowest BCUT2D eigenvalue weighted by atomic mass is 10.1. The fourth-order valence-electron chi connectivity index (χ4n) is 9.34. The van der Waals surface area contributed by atoms with Gasteiger partial charge < -0.3 is 45.3 Å². The Morgan fingerprint density at radius 3 is 1.39 bits per heavy atom. The summed E-state index contributed by atoms with van der Waals surface area (Å²) in [5, 5.41) is 9.97. The molecule has 6 aromatic rings. The third kappa shape index (κ3) is 15.8. The molecule has 2 saturated heterocycles. The van der Waals surface area contributed by atoms with Crippen LogP contribution in [-0.4, -0.2) is 165 Å². The minimum Gasteiger partial charge on any atom is -0.508 e. The largest absolute Gasteiger partial charge is 0.508 e. The van der Waals surface area contributed by atoms with Crippen molar-refractivity contribution < 1.29 is 33.6 Å². The molecule has 0 bridgehead atoms. The summed E-state index contributed by atoms with van der Waals surface area (Å²) in [6.45, 7) is 11.2. The van der Waals surface area contributed by atoms with E-state index in [2.05, 4.69) is 80.3 Å². The number of aliphatic imine (C=N–C) groups is 2. The molecule has 2 atom stereocenters. The smallest absolute Gasteiger partial charge is 0.323 e. The minimum atomic E-state index is -0.673. The molecule has 0 radical (unpaired) electrons. The maximum absolute atomic E-state index is 12.1. The predicted molar refractivity (Wildman–Crippen MR) is 304 cm³/mol. The summed E-state index contributed by atoms with van der Waals surface area (Å²) >= 11 is 3.43. The summed E-state index contributed by atoms with van der Waals surface area (Å²) in [5.74, 6) is 1.49. The van der Waals surface area contributed by atoms with Gasteiger partial charge >= 0.3 is 11.9 Å². The number of hydrogen-bond donors (Lipinski definition) is 3. The van der Waals surface area contributed by atoms with Crippen LogP contribution in [0.3, 0.4) is 0 Å². The summed E-state index contributed by atoms with van der Waals surface area (Å²) < 4.78 is 22.0. The molecule has 0 spiro atoms. The van der Waals surface area contributed by atoms with Gasteiger partial charge in [0.15, 0.2) is 0 Å². The highest BCUT2D eigenvalue weighted by molar-refractivity contribution is 7.99. The Bertz CT molecular complexity index is 2940.